The molecule has 0 radical (unpaired) electrons. The van der Waals surface area contributed by atoms with Gasteiger partial charge in [0, 0.05) is 19.4 Å². The molecule has 0 unspecified atom stereocenters. The Bertz CT molecular complexity index is 660. The Morgan fingerprint density at radius 3 is 2.80 bits per heavy atom. The van der Waals surface area contributed by atoms with Crippen LogP contribution in [0.1, 0.15) is 18.5 Å². The molecule has 2 heterocycles. The van der Waals surface area contributed by atoms with Gasteiger partial charge in [0.2, 0.25) is 5.09 Å². The zero-order valence-corrected chi connectivity index (χ0v) is 12.3. The molecule has 7 nitrogen and oxygen atoms in total. The second-order valence-electron chi connectivity index (χ2n) is 4.28. The molecule has 0 spiro atoms. The van der Waals surface area contributed by atoms with Gasteiger partial charge in [0.05, 0.1) is 13.1 Å². The van der Waals surface area contributed by atoms with Gasteiger partial charge in [-0.2, -0.15) is 0 Å². The molecule has 0 bridgehead atoms. The first-order valence-corrected chi connectivity index (χ1v) is 7.76. The van der Waals surface area contributed by atoms with Crippen LogP contribution in [0, 0.1) is 0 Å². The fourth-order valence-corrected chi connectivity index (χ4v) is 2.57. The van der Waals surface area contributed by atoms with E-state index in [1.54, 1.807) is 30.1 Å². The van der Waals surface area contributed by atoms with Crippen molar-refractivity contribution < 1.29 is 12.8 Å². The van der Waals surface area contributed by atoms with Crippen molar-refractivity contribution in [2.45, 2.75) is 25.1 Å². The number of nitrogens with zero attached hydrogens (tertiary/aromatic N) is 2. The first kappa shape index (κ1) is 14.8. The molecule has 0 atom stereocenters. The number of nitrogens with one attached hydrogen (secondary N) is 2. The SMILES string of the molecule is CCNCc1ccc(S(=O)(=O)NCc2nccn2C)o1. The van der Waals surface area contributed by atoms with Gasteiger partial charge in [0.15, 0.2) is 0 Å². The number of furan rings is 1. The van der Waals surface area contributed by atoms with E-state index < -0.39 is 10.0 Å². The van der Waals surface area contributed by atoms with E-state index in [9.17, 15) is 8.42 Å². The van der Waals surface area contributed by atoms with E-state index >= 15 is 0 Å². The highest BCUT2D eigenvalue weighted by atomic mass is 32.2. The van der Waals surface area contributed by atoms with Crippen molar-refractivity contribution in [2.24, 2.45) is 7.05 Å². The Hall–Kier alpha value is -1.64. The zero-order valence-electron chi connectivity index (χ0n) is 11.5. The van der Waals surface area contributed by atoms with Crippen LogP contribution < -0.4 is 10.0 Å². The molecule has 2 rings (SSSR count). The molecule has 0 saturated carbocycles. The van der Waals surface area contributed by atoms with Crippen LogP contribution >= 0.6 is 0 Å². The van der Waals surface area contributed by atoms with E-state index in [1.807, 2.05) is 6.92 Å². The number of aryl methyl sites for hydroxylation is 1. The highest BCUT2D eigenvalue weighted by Crippen LogP contribution is 2.14. The summed E-state index contributed by atoms with van der Waals surface area (Å²) >= 11 is 0. The van der Waals surface area contributed by atoms with Crippen LogP contribution in [0.4, 0.5) is 0 Å². The normalized spacial score (nSPS) is 11.9. The van der Waals surface area contributed by atoms with Crippen molar-refractivity contribution in [3.8, 4) is 0 Å². The van der Waals surface area contributed by atoms with Crippen molar-refractivity contribution in [3.05, 3.63) is 36.1 Å². The zero-order chi connectivity index (χ0) is 14.6. The summed E-state index contributed by atoms with van der Waals surface area (Å²) in [5, 5.41) is 2.99. The third-order valence-corrected chi connectivity index (χ3v) is 4.07. The van der Waals surface area contributed by atoms with Gasteiger partial charge < -0.3 is 14.3 Å². The molecule has 0 aromatic carbocycles. The van der Waals surface area contributed by atoms with Gasteiger partial charge in [-0.15, -0.1) is 0 Å². The summed E-state index contributed by atoms with van der Waals surface area (Å²) in [6.45, 7) is 3.38. The minimum absolute atomic E-state index is 0.0837. The van der Waals surface area contributed by atoms with Gasteiger partial charge in [-0.25, -0.2) is 18.1 Å². The van der Waals surface area contributed by atoms with E-state index in [1.165, 1.54) is 6.07 Å². The van der Waals surface area contributed by atoms with E-state index in [0.717, 1.165) is 6.54 Å². The molecule has 0 amide bonds. The van der Waals surface area contributed by atoms with Crippen LogP contribution in [-0.4, -0.2) is 24.5 Å². The molecule has 0 aliphatic heterocycles. The Kier molecular flexibility index (Phi) is 4.58. The molecular formula is C12H18N4O3S. The van der Waals surface area contributed by atoms with E-state index in [2.05, 4.69) is 15.0 Å². The van der Waals surface area contributed by atoms with Crippen molar-refractivity contribution in [2.75, 3.05) is 6.54 Å². The van der Waals surface area contributed by atoms with Gasteiger partial charge in [-0.05, 0) is 18.7 Å². The summed E-state index contributed by atoms with van der Waals surface area (Å²) in [5.41, 5.74) is 0. The Labute approximate surface area is 118 Å². The van der Waals surface area contributed by atoms with Crippen molar-refractivity contribution in [1.82, 2.24) is 19.6 Å². The molecule has 0 saturated heterocycles. The van der Waals surface area contributed by atoms with Crippen LogP contribution in [0.2, 0.25) is 0 Å². The number of imidazole rings is 1. The van der Waals surface area contributed by atoms with E-state index in [-0.39, 0.29) is 11.6 Å². The summed E-state index contributed by atoms with van der Waals surface area (Å²) in [7, 11) is -1.85. The fourth-order valence-electron chi connectivity index (χ4n) is 1.64. The summed E-state index contributed by atoms with van der Waals surface area (Å²) in [5.74, 6) is 1.22. The lowest BCUT2D eigenvalue weighted by Gasteiger charge is -2.04. The molecule has 8 heteroatoms. The maximum absolute atomic E-state index is 12.1. The van der Waals surface area contributed by atoms with Gasteiger partial charge in [-0.3, -0.25) is 0 Å². The van der Waals surface area contributed by atoms with Crippen LogP contribution in [0.25, 0.3) is 0 Å². The molecule has 2 aromatic rings. The minimum atomic E-state index is -3.66. The number of rotatable bonds is 7. The number of sulfonamides is 1. The number of hydrogen-bond donors (Lipinski definition) is 2. The largest absolute Gasteiger partial charge is 0.447 e. The fraction of sp³-hybridized carbons (Fsp3) is 0.417. The predicted octanol–water partition coefficient (Wildman–Crippen LogP) is 0.601. The second-order valence-corrected chi connectivity index (χ2v) is 5.98. The van der Waals surface area contributed by atoms with E-state index in [4.69, 9.17) is 4.42 Å². The molecule has 2 aromatic heterocycles. The molecule has 0 aliphatic rings. The average molecular weight is 298 g/mol. The van der Waals surface area contributed by atoms with Gasteiger partial charge >= 0.3 is 0 Å². The first-order chi connectivity index (χ1) is 9.53. The molecule has 2 N–H and O–H groups in total. The van der Waals surface area contributed by atoms with E-state index in [0.29, 0.717) is 18.1 Å². The van der Waals surface area contributed by atoms with Crippen molar-refractivity contribution >= 4 is 10.0 Å². The second kappa shape index (κ2) is 6.21. The quantitative estimate of drug-likeness (QED) is 0.781. The lowest BCUT2D eigenvalue weighted by Crippen LogP contribution is -2.24. The standard InChI is InChI=1S/C12H18N4O3S/c1-3-13-8-10-4-5-12(19-10)20(17,18)15-9-11-14-6-7-16(11)2/h4-7,13,15H,3,8-9H2,1-2H3. The van der Waals surface area contributed by atoms with Gasteiger partial charge in [0.25, 0.3) is 10.0 Å². The molecule has 20 heavy (non-hydrogen) atoms. The third-order valence-electron chi connectivity index (χ3n) is 2.79. The van der Waals surface area contributed by atoms with Crippen LogP contribution in [-0.2, 0) is 30.2 Å². The molecule has 0 aliphatic carbocycles. The van der Waals surface area contributed by atoms with Crippen LogP contribution in [0.3, 0.4) is 0 Å². The molecular weight excluding hydrogens is 280 g/mol. The lowest BCUT2D eigenvalue weighted by molar-refractivity contribution is 0.401. The van der Waals surface area contributed by atoms with Crippen LogP contribution in [0.5, 0.6) is 0 Å². The maximum Gasteiger partial charge on any atom is 0.274 e. The van der Waals surface area contributed by atoms with Crippen molar-refractivity contribution in [3.63, 3.8) is 0 Å². The number of aromatic nitrogens is 2. The topological polar surface area (TPSA) is 89.2 Å². The summed E-state index contributed by atoms with van der Waals surface area (Å²) in [6, 6.07) is 3.10. The molecule has 110 valence electrons. The van der Waals surface area contributed by atoms with Crippen LogP contribution in [0.15, 0.2) is 34.0 Å². The molecule has 0 fully saturated rings. The lowest BCUT2D eigenvalue weighted by atomic mass is 10.4. The summed E-state index contributed by atoms with van der Waals surface area (Å²) < 4.78 is 33.7. The summed E-state index contributed by atoms with van der Waals surface area (Å²) in [6.07, 6.45) is 3.37. The van der Waals surface area contributed by atoms with Crippen molar-refractivity contribution in [1.29, 1.82) is 0 Å². The minimum Gasteiger partial charge on any atom is -0.447 e. The Balaban J connectivity index is 2.03. The Morgan fingerprint density at radius 2 is 2.15 bits per heavy atom. The van der Waals surface area contributed by atoms with Gasteiger partial charge in [-0.1, -0.05) is 6.92 Å². The summed E-state index contributed by atoms with van der Waals surface area (Å²) in [4.78, 5) is 4.05. The maximum atomic E-state index is 12.1. The monoisotopic (exact) mass is 298 g/mol. The average Bonchev–Trinajstić information content (AvgIpc) is 3.03. The Morgan fingerprint density at radius 1 is 1.35 bits per heavy atom. The smallest absolute Gasteiger partial charge is 0.274 e. The third kappa shape index (κ3) is 3.47. The number of hydrogen-bond acceptors (Lipinski definition) is 5. The predicted molar refractivity (Wildman–Crippen MR) is 73.3 cm³/mol. The highest BCUT2D eigenvalue weighted by Gasteiger charge is 2.19. The highest BCUT2D eigenvalue weighted by molar-refractivity contribution is 7.89. The van der Waals surface area contributed by atoms with Gasteiger partial charge in [0.1, 0.15) is 11.6 Å². The first-order valence-electron chi connectivity index (χ1n) is 6.28.